The Morgan fingerprint density at radius 2 is 2.08 bits per heavy atom. The molecule has 1 spiro atoms. The lowest BCUT2D eigenvalue weighted by Gasteiger charge is -2.37. The predicted octanol–water partition coefficient (Wildman–Crippen LogP) is 2.40. The van der Waals surface area contributed by atoms with Crippen LogP contribution in [-0.4, -0.2) is 48.6 Å². The van der Waals surface area contributed by atoms with E-state index in [-0.39, 0.29) is 28.9 Å². The second-order valence-corrected chi connectivity index (χ2v) is 7.27. The normalized spacial score (nSPS) is 19.6. The van der Waals surface area contributed by atoms with Crippen molar-refractivity contribution >= 4 is 28.8 Å². The van der Waals surface area contributed by atoms with Crippen molar-refractivity contribution in [2.45, 2.75) is 19.3 Å². The van der Waals surface area contributed by atoms with Crippen molar-refractivity contribution in [3.05, 3.63) is 28.7 Å². The lowest BCUT2D eigenvalue weighted by molar-refractivity contribution is -0.127. The summed E-state index contributed by atoms with van der Waals surface area (Å²) < 4.78 is 9.98. The number of hydrogen-bond donors (Lipinski definition) is 0. The SMILES string of the molecule is COc1cc(C(=O)N2CCC3(CC2)CCN(c2ccsc2)C3=O)on1. The molecule has 0 radical (unpaired) electrons. The molecule has 0 bridgehead atoms. The minimum Gasteiger partial charge on any atom is -0.479 e. The molecule has 0 aromatic carbocycles. The second-order valence-electron chi connectivity index (χ2n) is 6.49. The molecule has 0 unspecified atom stereocenters. The smallest absolute Gasteiger partial charge is 0.292 e. The van der Waals surface area contributed by atoms with Crippen molar-refractivity contribution in [1.82, 2.24) is 10.1 Å². The summed E-state index contributed by atoms with van der Waals surface area (Å²) in [5, 5.41) is 7.66. The highest BCUT2D eigenvalue weighted by atomic mass is 32.1. The molecule has 8 heteroatoms. The van der Waals surface area contributed by atoms with Crippen LogP contribution in [0.3, 0.4) is 0 Å². The van der Waals surface area contributed by atoms with Gasteiger partial charge < -0.3 is 19.1 Å². The highest BCUT2D eigenvalue weighted by Gasteiger charge is 2.49. The van der Waals surface area contributed by atoms with Crippen LogP contribution in [0.15, 0.2) is 27.4 Å². The fourth-order valence-corrected chi connectivity index (χ4v) is 4.33. The molecule has 2 amide bonds. The summed E-state index contributed by atoms with van der Waals surface area (Å²) in [7, 11) is 1.47. The van der Waals surface area contributed by atoms with E-state index >= 15 is 0 Å². The number of carbonyl (C=O) groups excluding carboxylic acids is 2. The van der Waals surface area contributed by atoms with Crippen molar-refractivity contribution in [2.75, 3.05) is 31.6 Å². The molecular weight excluding hydrogens is 342 g/mol. The fraction of sp³-hybridized carbons (Fsp3) is 0.471. The molecule has 0 saturated carbocycles. The Bertz CT molecular complexity index is 778. The third kappa shape index (κ3) is 2.70. The quantitative estimate of drug-likeness (QED) is 0.839. The first-order valence-corrected chi connectivity index (χ1v) is 9.21. The number of thiophene rings is 1. The number of nitrogens with zero attached hydrogens (tertiary/aromatic N) is 3. The maximum Gasteiger partial charge on any atom is 0.292 e. The molecule has 4 rings (SSSR count). The van der Waals surface area contributed by atoms with E-state index in [0.29, 0.717) is 25.9 Å². The number of likely N-dealkylation sites (tertiary alicyclic amines) is 1. The predicted molar refractivity (Wildman–Crippen MR) is 91.9 cm³/mol. The lowest BCUT2D eigenvalue weighted by Crippen LogP contribution is -2.46. The highest BCUT2D eigenvalue weighted by molar-refractivity contribution is 7.08. The number of anilines is 1. The summed E-state index contributed by atoms with van der Waals surface area (Å²) in [5.74, 6) is 0.449. The van der Waals surface area contributed by atoms with E-state index in [4.69, 9.17) is 9.26 Å². The van der Waals surface area contributed by atoms with E-state index in [9.17, 15) is 9.59 Å². The average molecular weight is 361 g/mol. The molecule has 7 nitrogen and oxygen atoms in total. The summed E-state index contributed by atoms with van der Waals surface area (Å²) in [6.07, 6.45) is 2.22. The Morgan fingerprint density at radius 1 is 1.32 bits per heavy atom. The number of rotatable bonds is 3. The summed E-state index contributed by atoms with van der Waals surface area (Å²) in [4.78, 5) is 29.1. The Balaban J connectivity index is 1.43. The molecule has 2 aliphatic rings. The van der Waals surface area contributed by atoms with Crippen molar-refractivity contribution in [3.8, 4) is 5.88 Å². The lowest BCUT2D eigenvalue weighted by atomic mass is 9.77. The van der Waals surface area contributed by atoms with Crippen molar-refractivity contribution in [2.24, 2.45) is 5.41 Å². The van der Waals surface area contributed by atoms with E-state index in [2.05, 4.69) is 5.16 Å². The number of methoxy groups -OCH3 is 1. The van der Waals surface area contributed by atoms with E-state index < -0.39 is 0 Å². The van der Waals surface area contributed by atoms with Gasteiger partial charge in [0, 0.05) is 25.0 Å². The van der Waals surface area contributed by atoms with Gasteiger partial charge in [-0.1, -0.05) is 0 Å². The molecule has 0 atom stereocenters. The molecule has 2 aromatic rings. The summed E-state index contributed by atoms with van der Waals surface area (Å²) in [6.45, 7) is 1.85. The van der Waals surface area contributed by atoms with Gasteiger partial charge in [-0.05, 0) is 35.9 Å². The minimum absolute atomic E-state index is 0.172. The standard InChI is InChI=1S/C17H19N3O4S/c1-23-14-10-13(24-18-14)15(21)19-6-3-17(4-7-19)5-8-20(16(17)22)12-2-9-25-11-12/h2,9-11H,3-8H2,1H3. The van der Waals surface area contributed by atoms with Crippen LogP contribution in [0.25, 0.3) is 0 Å². The first kappa shape index (κ1) is 16.1. The van der Waals surface area contributed by atoms with E-state index in [1.807, 2.05) is 21.7 Å². The number of hydrogen-bond acceptors (Lipinski definition) is 6. The van der Waals surface area contributed by atoms with Crippen LogP contribution in [0, 0.1) is 5.41 Å². The van der Waals surface area contributed by atoms with Crippen molar-refractivity contribution in [3.63, 3.8) is 0 Å². The van der Waals surface area contributed by atoms with Crippen LogP contribution in [0.4, 0.5) is 5.69 Å². The van der Waals surface area contributed by atoms with Crippen LogP contribution < -0.4 is 9.64 Å². The Hall–Kier alpha value is -2.35. The van der Waals surface area contributed by atoms with Gasteiger partial charge in [0.15, 0.2) is 0 Å². The molecule has 25 heavy (non-hydrogen) atoms. The molecule has 2 aliphatic heterocycles. The Kier molecular flexibility index (Phi) is 3.99. The zero-order valence-corrected chi connectivity index (χ0v) is 14.8. The molecular formula is C17H19N3O4S. The maximum atomic E-state index is 13.0. The van der Waals surface area contributed by atoms with E-state index in [0.717, 1.165) is 18.7 Å². The fourth-order valence-electron chi connectivity index (χ4n) is 3.69. The van der Waals surface area contributed by atoms with Crippen LogP contribution in [0.2, 0.25) is 0 Å². The number of piperidine rings is 1. The Labute approximate surface area is 149 Å². The van der Waals surface area contributed by atoms with E-state index in [1.54, 1.807) is 16.2 Å². The van der Waals surface area contributed by atoms with Crippen LogP contribution in [0.1, 0.15) is 29.8 Å². The zero-order chi connectivity index (χ0) is 17.4. The molecule has 0 N–H and O–H groups in total. The highest BCUT2D eigenvalue weighted by Crippen LogP contribution is 2.43. The number of ether oxygens (including phenoxy) is 1. The van der Waals surface area contributed by atoms with Crippen molar-refractivity contribution < 1.29 is 18.8 Å². The van der Waals surface area contributed by atoms with Gasteiger partial charge in [-0.3, -0.25) is 9.59 Å². The van der Waals surface area contributed by atoms with Gasteiger partial charge in [-0.15, -0.1) is 0 Å². The summed E-state index contributed by atoms with van der Waals surface area (Å²) in [5.41, 5.74) is 0.650. The van der Waals surface area contributed by atoms with Gasteiger partial charge in [0.05, 0.1) is 24.3 Å². The second kappa shape index (κ2) is 6.18. The number of carbonyl (C=O) groups is 2. The van der Waals surface area contributed by atoms with Gasteiger partial charge in [0.2, 0.25) is 11.7 Å². The zero-order valence-electron chi connectivity index (χ0n) is 13.9. The maximum absolute atomic E-state index is 13.0. The number of amides is 2. The molecule has 4 heterocycles. The monoisotopic (exact) mass is 361 g/mol. The van der Waals surface area contributed by atoms with Crippen molar-refractivity contribution in [1.29, 1.82) is 0 Å². The average Bonchev–Trinajstić information content (AvgIpc) is 3.37. The largest absolute Gasteiger partial charge is 0.479 e. The summed E-state index contributed by atoms with van der Waals surface area (Å²) >= 11 is 1.60. The van der Waals surface area contributed by atoms with E-state index in [1.165, 1.54) is 13.2 Å². The molecule has 0 aliphatic carbocycles. The molecule has 2 saturated heterocycles. The minimum atomic E-state index is -0.335. The van der Waals surface area contributed by atoms with Gasteiger partial charge in [-0.2, -0.15) is 11.3 Å². The topological polar surface area (TPSA) is 75.9 Å². The number of aromatic nitrogens is 1. The van der Waals surface area contributed by atoms with Crippen LogP contribution in [0.5, 0.6) is 5.88 Å². The third-order valence-electron chi connectivity index (χ3n) is 5.25. The molecule has 132 valence electrons. The van der Waals surface area contributed by atoms with Gasteiger partial charge in [-0.25, -0.2) is 0 Å². The van der Waals surface area contributed by atoms with Gasteiger partial charge in [0.25, 0.3) is 11.8 Å². The van der Waals surface area contributed by atoms with Gasteiger partial charge in [0.1, 0.15) is 0 Å². The first-order valence-electron chi connectivity index (χ1n) is 8.27. The summed E-state index contributed by atoms with van der Waals surface area (Å²) in [6, 6.07) is 3.48. The van der Waals surface area contributed by atoms with Crippen LogP contribution in [-0.2, 0) is 4.79 Å². The van der Waals surface area contributed by atoms with Crippen LogP contribution >= 0.6 is 11.3 Å². The molecule has 2 fully saturated rings. The van der Waals surface area contributed by atoms with Gasteiger partial charge >= 0.3 is 0 Å². The third-order valence-corrected chi connectivity index (χ3v) is 5.92. The Morgan fingerprint density at radius 3 is 2.72 bits per heavy atom. The molecule has 2 aromatic heterocycles. The first-order chi connectivity index (χ1) is 12.1.